The molecule has 0 fully saturated rings. The molecule has 0 aromatic heterocycles. The van der Waals surface area contributed by atoms with Crippen LogP contribution in [0.4, 0.5) is 0 Å². The third kappa shape index (κ3) is 4.04. The Hall–Kier alpha value is -4.71. The molecule has 0 amide bonds. The third-order valence-corrected chi connectivity index (χ3v) is 5.49. The largest absolute Gasteiger partial charge is 0.421 e. The van der Waals surface area contributed by atoms with Gasteiger partial charge >= 0.3 is 5.97 Å². The zero-order chi connectivity index (χ0) is 23.1. The van der Waals surface area contributed by atoms with E-state index in [2.05, 4.69) is 20.0 Å². The van der Waals surface area contributed by atoms with Gasteiger partial charge in [0, 0.05) is 6.08 Å². The van der Waals surface area contributed by atoms with Crippen molar-refractivity contribution in [1.29, 1.82) is 0 Å². The molecule has 5 aliphatic rings. The van der Waals surface area contributed by atoms with Crippen LogP contribution in [0.3, 0.4) is 0 Å². The lowest BCUT2D eigenvalue weighted by molar-refractivity contribution is 0.0645. The van der Waals surface area contributed by atoms with Gasteiger partial charge in [-0.1, -0.05) is 17.7 Å². The quantitative estimate of drug-likeness (QED) is 0.600. The SMILES string of the molecule is Cc1ccc(C(=O)OC2=CC3=CC4=NC(=CC5=NC(=CC6=NC(=CC2=N3)C=C6)C=C5)C=C4)cc1. The lowest BCUT2D eigenvalue weighted by Gasteiger charge is -2.06. The minimum atomic E-state index is -0.440. The van der Waals surface area contributed by atoms with Gasteiger partial charge in [-0.3, -0.25) is 0 Å². The summed E-state index contributed by atoms with van der Waals surface area (Å²) >= 11 is 0. The van der Waals surface area contributed by atoms with E-state index in [1.54, 1.807) is 24.3 Å². The van der Waals surface area contributed by atoms with Crippen molar-refractivity contribution < 1.29 is 9.53 Å². The van der Waals surface area contributed by atoms with Crippen LogP contribution in [0.15, 0.2) is 140 Å². The third-order valence-electron chi connectivity index (χ3n) is 5.49. The predicted octanol–water partition coefficient (Wildman–Crippen LogP) is 5.07. The Bertz CT molecular complexity index is 1510. The molecule has 0 unspecified atom stereocenters. The highest BCUT2D eigenvalue weighted by molar-refractivity contribution is 6.16. The van der Waals surface area contributed by atoms with Crippen LogP contribution < -0.4 is 0 Å². The van der Waals surface area contributed by atoms with Crippen molar-refractivity contribution in [2.45, 2.75) is 6.92 Å². The second-order valence-corrected chi connectivity index (χ2v) is 8.15. The fourth-order valence-corrected chi connectivity index (χ4v) is 3.80. The van der Waals surface area contributed by atoms with Crippen molar-refractivity contribution in [3.05, 3.63) is 131 Å². The van der Waals surface area contributed by atoms with Crippen molar-refractivity contribution in [3.63, 3.8) is 0 Å². The van der Waals surface area contributed by atoms with Gasteiger partial charge in [-0.15, -0.1) is 0 Å². The molecule has 0 spiro atoms. The van der Waals surface area contributed by atoms with Crippen LogP contribution in [-0.2, 0) is 4.74 Å². The first-order valence-electron chi connectivity index (χ1n) is 10.8. The number of benzene rings is 1. The summed E-state index contributed by atoms with van der Waals surface area (Å²) < 4.78 is 5.75. The number of aryl methyl sites for hydroxylation is 1. The highest BCUT2D eigenvalue weighted by Gasteiger charge is 2.21. The summed E-state index contributed by atoms with van der Waals surface area (Å²) in [5.74, 6) is -0.0694. The molecule has 0 N–H and O–H groups in total. The summed E-state index contributed by atoms with van der Waals surface area (Å²) in [4.78, 5) is 31.3. The molecule has 6 rings (SSSR count). The van der Waals surface area contributed by atoms with E-state index in [0.717, 1.165) is 34.1 Å². The zero-order valence-corrected chi connectivity index (χ0v) is 18.3. The first-order chi connectivity index (χ1) is 16.6. The van der Waals surface area contributed by atoms with Crippen molar-refractivity contribution in [1.82, 2.24) is 0 Å². The fourth-order valence-electron chi connectivity index (χ4n) is 3.80. The number of aliphatic imine (C=N–C) groups is 4. The number of rotatable bonds is 2. The second-order valence-electron chi connectivity index (χ2n) is 8.15. The van der Waals surface area contributed by atoms with E-state index in [1.807, 2.05) is 73.7 Å². The van der Waals surface area contributed by atoms with Crippen molar-refractivity contribution in [3.8, 4) is 0 Å². The first-order valence-corrected chi connectivity index (χ1v) is 10.8. The fraction of sp³-hybridized carbons (Fsp3) is 0.0357. The van der Waals surface area contributed by atoms with Crippen molar-refractivity contribution >= 4 is 28.8 Å². The molecule has 5 aliphatic heterocycles. The standard InChI is InChI=1S/C28H18N4O2/c1-17-2-4-18(5-3-17)28(33)34-27-16-25-14-23-9-8-21(30-23)12-19-6-7-20(29-19)13-22-10-11-24(31-22)15-26(27)32-25/h2-16H,1H3. The van der Waals surface area contributed by atoms with Crippen LogP contribution in [0.5, 0.6) is 0 Å². The van der Waals surface area contributed by atoms with E-state index in [-0.39, 0.29) is 0 Å². The van der Waals surface area contributed by atoms with Crippen molar-refractivity contribution in [2.75, 3.05) is 0 Å². The molecule has 5 heterocycles. The number of allylic oxidation sites excluding steroid dienone is 11. The maximum Gasteiger partial charge on any atom is 0.343 e. The average molecular weight is 442 g/mol. The van der Waals surface area contributed by atoms with E-state index in [4.69, 9.17) is 4.74 Å². The molecule has 0 saturated heterocycles. The highest BCUT2D eigenvalue weighted by atomic mass is 16.5. The Morgan fingerprint density at radius 2 is 1.15 bits per heavy atom. The molecule has 8 bridgehead atoms. The molecule has 0 atom stereocenters. The van der Waals surface area contributed by atoms with Crippen LogP contribution in [0.1, 0.15) is 15.9 Å². The van der Waals surface area contributed by atoms with E-state index in [9.17, 15) is 4.79 Å². The molecular weight excluding hydrogens is 424 g/mol. The summed E-state index contributed by atoms with van der Waals surface area (Å²) in [6, 6.07) is 7.26. The molecule has 6 heteroatoms. The number of carbonyl (C=O) groups is 1. The molecule has 1 aromatic rings. The average Bonchev–Trinajstić information content (AvgIpc) is 3.60. The molecular formula is C28H18N4O2. The Morgan fingerprint density at radius 3 is 1.74 bits per heavy atom. The minimum absolute atomic E-state index is 0.370. The number of hydrogen-bond donors (Lipinski definition) is 0. The maximum atomic E-state index is 12.8. The normalized spacial score (nSPS) is 19.5. The smallest absolute Gasteiger partial charge is 0.343 e. The molecule has 0 saturated carbocycles. The lowest BCUT2D eigenvalue weighted by atomic mass is 10.1. The molecule has 0 aliphatic carbocycles. The van der Waals surface area contributed by atoms with Gasteiger partial charge in [-0.2, -0.15) is 0 Å². The number of nitrogens with zero attached hydrogens (tertiary/aromatic N) is 4. The highest BCUT2D eigenvalue weighted by Crippen LogP contribution is 2.24. The lowest BCUT2D eigenvalue weighted by Crippen LogP contribution is -2.09. The Labute approximate surface area is 196 Å². The molecule has 1 aromatic carbocycles. The zero-order valence-electron chi connectivity index (χ0n) is 18.3. The molecule has 0 radical (unpaired) electrons. The van der Waals surface area contributed by atoms with Crippen LogP contribution in [0.2, 0.25) is 0 Å². The van der Waals surface area contributed by atoms with Gasteiger partial charge in [-0.25, -0.2) is 24.8 Å². The number of esters is 1. The topological polar surface area (TPSA) is 75.7 Å². The number of carbonyl (C=O) groups excluding carboxylic acids is 1. The second kappa shape index (κ2) is 8.01. The molecule has 6 nitrogen and oxygen atoms in total. The van der Waals surface area contributed by atoms with Crippen molar-refractivity contribution in [2.24, 2.45) is 20.0 Å². The Kier molecular flexibility index (Phi) is 4.70. The molecule has 162 valence electrons. The van der Waals surface area contributed by atoms with Gasteiger partial charge in [0.1, 0.15) is 5.71 Å². The Morgan fingerprint density at radius 1 is 0.618 bits per heavy atom. The minimum Gasteiger partial charge on any atom is -0.421 e. The van der Waals surface area contributed by atoms with E-state index < -0.39 is 5.97 Å². The summed E-state index contributed by atoms with van der Waals surface area (Å²) in [7, 11) is 0. The van der Waals surface area contributed by atoms with Crippen LogP contribution in [-0.4, -0.2) is 28.8 Å². The van der Waals surface area contributed by atoms with Gasteiger partial charge in [-0.05, 0) is 79.8 Å². The summed E-state index contributed by atoms with van der Waals surface area (Å²) in [5.41, 5.74) is 7.43. The van der Waals surface area contributed by atoms with E-state index in [1.165, 1.54) is 0 Å². The van der Waals surface area contributed by atoms with E-state index in [0.29, 0.717) is 28.4 Å². The molecule has 34 heavy (non-hydrogen) atoms. The van der Waals surface area contributed by atoms with Gasteiger partial charge in [0.25, 0.3) is 0 Å². The van der Waals surface area contributed by atoms with Crippen LogP contribution in [0, 0.1) is 6.92 Å². The number of hydrogen-bond acceptors (Lipinski definition) is 6. The predicted molar refractivity (Wildman–Crippen MR) is 134 cm³/mol. The number of ether oxygens (including phenoxy) is 1. The maximum absolute atomic E-state index is 12.8. The monoisotopic (exact) mass is 442 g/mol. The Balaban J connectivity index is 1.39. The van der Waals surface area contributed by atoms with Gasteiger partial charge < -0.3 is 4.74 Å². The number of fused-ring (bicyclic) bond motifs is 4. The van der Waals surface area contributed by atoms with Gasteiger partial charge in [0.2, 0.25) is 0 Å². The van der Waals surface area contributed by atoms with Gasteiger partial charge in [0.05, 0.1) is 45.5 Å². The summed E-state index contributed by atoms with van der Waals surface area (Å²) in [5, 5.41) is 0. The van der Waals surface area contributed by atoms with Gasteiger partial charge in [0.15, 0.2) is 5.76 Å². The van der Waals surface area contributed by atoms with Crippen LogP contribution >= 0.6 is 0 Å². The first kappa shape index (κ1) is 19.9. The summed E-state index contributed by atoms with van der Waals surface area (Å²) in [6.45, 7) is 1.97. The van der Waals surface area contributed by atoms with E-state index >= 15 is 0 Å². The van der Waals surface area contributed by atoms with Crippen LogP contribution in [0.25, 0.3) is 0 Å². The summed E-state index contributed by atoms with van der Waals surface area (Å²) in [6.07, 6.45) is 20.8.